The first kappa shape index (κ1) is 9.21. The molecule has 2 aromatic rings. The molecule has 1 heterocycles. The van der Waals surface area contributed by atoms with Crippen molar-refractivity contribution in [2.24, 2.45) is 0 Å². The van der Waals surface area contributed by atoms with Crippen LogP contribution in [-0.4, -0.2) is 9.97 Å². The zero-order chi connectivity index (χ0) is 10.1. The highest BCUT2D eigenvalue weighted by molar-refractivity contribution is 7.71. The summed E-state index contributed by atoms with van der Waals surface area (Å²) < 4.78 is 0.666. The Bertz CT molecular complexity index is 488. The Morgan fingerprint density at radius 3 is 2.21 bits per heavy atom. The molecule has 2 rings (SSSR count). The van der Waals surface area contributed by atoms with Gasteiger partial charge in [0.05, 0.1) is 5.69 Å². The molecule has 0 fully saturated rings. The zero-order valence-electron chi connectivity index (χ0n) is 8.22. The monoisotopic (exact) mass is 204 g/mol. The summed E-state index contributed by atoms with van der Waals surface area (Å²) in [6.07, 6.45) is 1.90. The molecule has 0 amide bonds. The molecular weight excluding hydrogens is 192 g/mol. The van der Waals surface area contributed by atoms with Crippen LogP contribution in [0.15, 0.2) is 24.4 Å². The van der Waals surface area contributed by atoms with E-state index < -0.39 is 0 Å². The summed E-state index contributed by atoms with van der Waals surface area (Å²) in [4.78, 5) is 6.07. The summed E-state index contributed by atoms with van der Waals surface area (Å²) in [5.41, 5.74) is 4.75. The summed E-state index contributed by atoms with van der Waals surface area (Å²) in [5, 5.41) is 0. The lowest BCUT2D eigenvalue weighted by Crippen LogP contribution is -1.82. The summed E-state index contributed by atoms with van der Waals surface area (Å²) in [6.45, 7) is 4.19. The summed E-state index contributed by atoms with van der Waals surface area (Å²) >= 11 is 4.99. The SMILES string of the molecule is Cc1cc(C)cc(-c2c[nH]c(=S)[nH]2)c1. The smallest absolute Gasteiger partial charge is 0.174 e. The fourth-order valence-corrected chi connectivity index (χ4v) is 1.79. The van der Waals surface area contributed by atoms with E-state index in [1.54, 1.807) is 0 Å². The molecule has 2 N–H and O–H groups in total. The molecule has 14 heavy (non-hydrogen) atoms. The van der Waals surface area contributed by atoms with Gasteiger partial charge in [0.2, 0.25) is 0 Å². The molecule has 0 saturated carbocycles. The average Bonchev–Trinajstić information content (AvgIpc) is 2.50. The third-order valence-corrected chi connectivity index (χ3v) is 2.35. The van der Waals surface area contributed by atoms with Gasteiger partial charge in [-0.05, 0) is 38.2 Å². The molecule has 1 aromatic heterocycles. The lowest BCUT2D eigenvalue weighted by molar-refractivity contribution is 1.27. The highest BCUT2D eigenvalue weighted by Gasteiger charge is 2.00. The van der Waals surface area contributed by atoms with Gasteiger partial charge < -0.3 is 9.97 Å². The number of rotatable bonds is 1. The standard InChI is InChI=1S/C11H12N2S/c1-7-3-8(2)5-9(4-7)10-6-12-11(14)13-10/h3-6H,1-2H3,(H2,12,13,14). The molecule has 0 unspecified atom stereocenters. The van der Waals surface area contributed by atoms with Gasteiger partial charge in [0.15, 0.2) is 4.77 Å². The maximum atomic E-state index is 4.99. The third kappa shape index (κ3) is 1.77. The molecule has 0 radical (unpaired) electrons. The molecule has 0 aliphatic carbocycles. The zero-order valence-corrected chi connectivity index (χ0v) is 9.03. The number of hydrogen-bond acceptors (Lipinski definition) is 1. The molecule has 0 aliphatic heterocycles. The maximum absolute atomic E-state index is 4.99. The fourth-order valence-electron chi connectivity index (χ4n) is 1.62. The Balaban J connectivity index is 2.56. The van der Waals surface area contributed by atoms with Crippen molar-refractivity contribution in [2.75, 3.05) is 0 Å². The number of aromatic amines is 2. The first-order chi connectivity index (χ1) is 6.65. The third-order valence-electron chi connectivity index (χ3n) is 2.13. The van der Waals surface area contributed by atoms with E-state index in [2.05, 4.69) is 42.0 Å². The molecule has 0 bridgehead atoms. The second-order valence-electron chi connectivity index (χ2n) is 3.53. The van der Waals surface area contributed by atoms with Crippen LogP contribution in [-0.2, 0) is 0 Å². The number of imidazole rings is 1. The van der Waals surface area contributed by atoms with Gasteiger partial charge in [-0.15, -0.1) is 0 Å². The normalized spacial score (nSPS) is 10.4. The van der Waals surface area contributed by atoms with Crippen molar-refractivity contribution in [2.45, 2.75) is 13.8 Å². The Labute approximate surface area is 88.0 Å². The van der Waals surface area contributed by atoms with E-state index in [1.807, 2.05) is 6.20 Å². The van der Waals surface area contributed by atoms with Crippen molar-refractivity contribution >= 4 is 12.2 Å². The fraction of sp³-hybridized carbons (Fsp3) is 0.182. The van der Waals surface area contributed by atoms with Crippen molar-refractivity contribution in [1.29, 1.82) is 0 Å². The molecule has 0 saturated heterocycles. The molecular formula is C11H12N2S. The van der Waals surface area contributed by atoms with Crippen LogP contribution in [0.3, 0.4) is 0 Å². The van der Waals surface area contributed by atoms with Crippen LogP contribution in [0.4, 0.5) is 0 Å². The topological polar surface area (TPSA) is 31.6 Å². The summed E-state index contributed by atoms with van der Waals surface area (Å²) in [7, 11) is 0. The van der Waals surface area contributed by atoms with E-state index in [4.69, 9.17) is 12.2 Å². The van der Waals surface area contributed by atoms with E-state index in [0.717, 1.165) is 5.69 Å². The van der Waals surface area contributed by atoms with Crippen molar-refractivity contribution in [3.8, 4) is 11.3 Å². The van der Waals surface area contributed by atoms with Crippen LogP contribution in [0, 0.1) is 18.6 Å². The van der Waals surface area contributed by atoms with Crippen molar-refractivity contribution in [1.82, 2.24) is 9.97 Å². The number of H-pyrrole nitrogens is 2. The van der Waals surface area contributed by atoms with E-state index in [0.29, 0.717) is 4.77 Å². The molecule has 3 heteroatoms. The number of aromatic nitrogens is 2. The van der Waals surface area contributed by atoms with Gasteiger partial charge in [-0.25, -0.2) is 0 Å². The van der Waals surface area contributed by atoms with Gasteiger partial charge in [0, 0.05) is 11.8 Å². The molecule has 72 valence electrons. The van der Waals surface area contributed by atoms with E-state index in [1.165, 1.54) is 16.7 Å². The minimum absolute atomic E-state index is 0.666. The number of aryl methyl sites for hydroxylation is 2. The Morgan fingerprint density at radius 2 is 1.71 bits per heavy atom. The second kappa shape index (κ2) is 3.42. The molecule has 1 aromatic carbocycles. The minimum atomic E-state index is 0.666. The number of hydrogen-bond donors (Lipinski definition) is 2. The Kier molecular flexibility index (Phi) is 2.25. The van der Waals surface area contributed by atoms with Gasteiger partial charge >= 0.3 is 0 Å². The highest BCUT2D eigenvalue weighted by atomic mass is 32.1. The summed E-state index contributed by atoms with van der Waals surface area (Å²) in [6, 6.07) is 6.44. The molecule has 0 atom stereocenters. The van der Waals surface area contributed by atoms with Crippen molar-refractivity contribution in [3.63, 3.8) is 0 Å². The van der Waals surface area contributed by atoms with Gasteiger partial charge in [-0.3, -0.25) is 0 Å². The van der Waals surface area contributed by atoms with Gasteiger partial charge in [-0.1, -0.05) is 17.2 Å². The molecule has 0 aliphatic rings. The van der Waals surface area contributed by atoms with Gasteiger partial charge in [-0.2, -0.15) is 0 Å². The number of nitrogens with one attached hydrogen (secondary N) is 2. The van der Waals surface area contributed by atoms with Crippen LogP contribution < -0.4 is 0 Å². The van der Waals surface area contributed by atoms with E-state index in [-0.39, 0.29) is 0 Å². The first-order valence-electron chi connectivity index (χ1n) is 4.51. The van der Waals surface area contributed by atoms with Crippen LogP contribution in [0.25, 0.3) is 11.3 Å². The highest BCUT2D eigenvalue weighted by Crippen LogP contribution is 2.19. The predicted octanol–water partition coefficient (Wildman–Crippen LogP) is 3.36. The summed E-state index contributed by atoms with van der Waals surface area (Å²) in [5.74, 6) is 0. The lowest BCUT2D eigenvalue weighted by atomic mass is 10.1. The van der Waals surface area contributed by atoms with E-state index in [9.17, 15) is 0 Å². The lowest BCUT2D eigenvalue weighted by Gasteiger charge is -2.01. The van der Waals surface area contributed by atoms with Crippen LogP contribution in [0.1, 0.15) is 11.1 Å². The van der Waals surface area contributed by atoms with Crippen LogP contribution in [0.2, 0.25) is 0 Å². The van der Waals surface area contributed by atoms with Gasteiger partial charge in [0.1, 0.15) is 0 Å². The largest absolute Gasteiger partial charge is 0.337 e. The van der Waals surface area contributed by atoms with Crippen molar-refractivity contribution in [3.05, 3.63) is 40.3 Å². The molecule has 0 spiro atoms. The minimum Gasteiger partial charge on any atom is -0.337 e. The van der Waals surface area contributed by atoms with Crippen LogP contribution in [0.5, 0.6) is 0 Å². The molecule has 2 nitrogen and oxygen atoms in total. The van der Waals surface area contributed by atoms with Gasteiger partial charge in [0.25, 0.3) is 0 Å². The Morgan fingerprint density at radius 1 is 1.07 bits per heavy atom. The average molecular weight is 204 g/mol. The van der Waals surface area contributed by atoms with Crippen molar-refractivity contribution < 1.29 is 0 Å². The van der Waals surface area contributed by atoms with E-state index >= 15 is 0 Å². The first-order valence-corrected chi connectivity index (χ1v) is 4.92. The van der Waals surface area contributed by atoms with Crippen LogP contribution >= 0.6 is 12.2 Å². The predicted molar refractivity (Wildman–Crippen MR) is 60.9 cm³/mol. The maximum Gasteiger partial charge on any atom is 0.174 e. The number of benzene rings is 1. The Hall–Kier alpha value is -1.35. The quantitative estimate of drug-likeness (QED) is 0.686. The second-order valence-corrected chi connectivity index (χ2v) is 3.94.